The van der Waals surface area contributed by atoms with E-state index in [2.05, 4.69) is 19.2 Å². The maximum atomic E-state index is 11.4. The summed E-state index contributed by atoms with van der Waals surface area (Å²) in [5, 5.41) is 3.14. The predicted molar refractivity (Wildman–Crippen MR) is 52.2 cm³/mol. The lowest BCUT2D eigenvalue weighted by Crippen LogP contribution is -2.33. The minimum absolute atomic E-state index is 0.204. The maximum Gasteiger partial charge on any atom is 0.151 e. The Labute approximate surface area is 75.7 Å². The quantitative estimate of drug-likeness (QED) is 0.699. The van der Waals surface area contributed by atoms with Gasteiger partial charge >= 0.3 is 0 Å². The molecule has 2 nitrogen and oxygen atoms in total. The lowest BCUT2D eigenvalue weighted by Gasteiger charge is -2.17. The van der Waals surface area contributed by atoms with Gasteiger partial charge in [0.15, 0.2) is 5.78 Å². The molecular formula is C10H21NO. The molecule has 0 unspecified atom stereocenters. The molecule has 0 bridgehead atoms. The summed E-state index contributed by atoms with van der Waals surface area (Å²) in [6, 6.07) is 0. The SMILES string of the molecule is CC(C)CNCC(=O)C(C)(C)C. The van der Waals surface area contributed by atoms with E-state index < -0.39 is 0 Å². The first-order valence-corrected chi connectivity index (χ1v) is 4.58. The molecule has 0 aliphatic heterocycles. The van der Waals surface area contributed by atoms with E-state index in [-0.39, 0.29) is 11.2 Å². The van der Waals surface area contributed by atoms with Crippen molar-refractivity contribution in [1.29, 1.82) is 0 Å². The van der Waals surface area contributed by atoms with Gasteiger partial charge in [0.05, 0.1) is 6.54 Å². The van der Waals surface area contributed by atoms with Crippen LogP contribution in [0.1, 0.15) is 34.6 Å². The molecule has 0 aromatic carbocycles. The van der Waals surface area contributed by atoms with E-state index >= 15 is 0 Å². The Bertz CT molecular complexity index is 144. The van der Waals surface area contributed by atoms with Crippen molar-refractivity contribution in [3.63, 3.8) is 0 Å². The Morgan fingerprint density at radius 1 is 1.33 bits per heavy atom. The summed E-state index contributed by atoms with van der Waals surface area (Å²) in [6.07, 6.45) is 0. The van der Waals surface area contributed by atoms with E-state index in [0.29, 0.717) is 12.5 Å². The molecule has 12 heavy (non-hydrogen) atoms. The Balaban J connectivity index is 3.59. The van der Waals surface area contributed by atoms with Gasteiger partial charge < -0.3 is 5.32 Å². The van der Waals surface area contributed by atoms with Crippen LogP contribution in [-0.4, -0.2) is 18.9 Å². The Hall–Kier alpha value is -0.370. The number of hydrogen-bond donors (Lipinski definition) is 1. The number of ketones is 1. The van der Waals surface area contributed by atoms with E-state index in [0.717, 1.165) is 6.54 Å². The first kappa shape index (κ1) is 11.6. The zero-order valence-corrected chi connectivity index (χ0v) is 8.90. The van der Waals surface area contributed by atoms with Crippen molar-refractivity contribution in [1.82, 2.24) is 5.32 Å². The highest BCUT2D eigenvalue weighted by molar-refractivity contribution is 5.85. The minimum atomic E-state index is -0.204. The molecule has 0 spiro atoms. The molecule has 0 amide bonds. The normalized spacial score (nSPS) is 12.2. The zero-order valence-electron chi connectivity index (χ0n) is 8.90. The number of Topliss-reactive ketones (excluding diaryl/α,β-unsaturated/α-hetero) is 1. The Morgan fingerprint density at radius 3 is 2.17 bits per heavy atom. The van der Waals surface area contributed by atoms with E-state index in [1.807, 2.05) is 20.8 Å². The van der Waals surface area contributed by atoms with E-state index in [1.165, 1.54) is 0 Å². The highest BCUT2D eigenvalue weighted by Gasteiger charge is 2.19. The predicted octanol–water partition coefficient (Wildman–Crippen LogP) is 1.85. The summed E-state index contributed by atoms with van der Waals surface area (Å²) in [5.74, 6) is 0.890. The monoisotopic (exact) mass is 171 g/mol. The average Bonchev–Trinajstić information content (AvgIpc) is 1.84. The molecule has 72 valence electrons. The average molecular weight is 171 g/mol. The standard InChI is InChI=1S/C10H21NO/c1-8(2)6-11-7-9(12)10(3,4)5/h8,11H,6-7H2,1-5H3. The third-order valence-corrected chi connectivity index (χ3v) is 1.67. The molecule has 0 aliphatic rings. The van der Waals surface area contributed by atoms with Gasteiger partial charge in [-0.25, -0.2) is 0 Å². The van der Waals surface area contributed by atoms with Crippen molar-refractivity contribution < 1.29 is 4.79 Å². The summed E-state index contributed by atoms with van der Waals surface area (Å²) < 4.78 is 0. The molecule has 0 saturated carbocycles. The van der Waals surface area contributed by atoms with Gasteiger partial charge in [-0.2, -0.15) is 0 Å². The zero-order chi connectivity index (χ0) is 9.78. The van der Waals surface area contributed by atoms with Crippen molar-refractivity contribution in [2.75, 3.05) is 13.1 Å². The third kappa shape index (κ3) is 5.30. The van der Waals surface area contributed by atoms with Gasteiger partial charge in [0.25, 0.3) is 0 Å². The molecule has 1 N–H and O–H groups in total. The van der Waals surface area contributed by atoms with Crippen LogP contribution in [0.4, 0.5) is 0 Å². The summed E-state index contributed by atoms with van der Waals surface area (Å²) in [7, 11) is 0. The first-order chi connectivity index (χ1) is 5.34. The number of rotatable bonds is 4. The molecule has 0 aromatic rings. The van der Waals surface area contributed by atoms with Crippen molar-refractivity contribution in [3.05, 3.63) is 0 Å². The third-order valence-electron chi connectivity index (χ3n) is 1.67. The van der Waals surface area contributed by atoms with Gasteiger partial charge in [-0.1, -0.05) is 34.6 Å². The molecule has 2 heteroatoms. The van der Waals surface area contributed by atoms with Crippen LogP contribution in [0.2, 0.25) is 0 Å². The van der Waals surface area contributed by atoms with Gasteiger partial charge in [-0.15, -0.1) is 0 Å². The summed E-state index contributed by atoms with van der Waals surface area (Å²) in [4.78, 5) is 11.4. The van der Waals surface area contributed by atoms with Crippen LogP contribution in [0.25, 0.3) is 0 Å². The molecule has 0 heterocycles. The fourth-order valence-electron chi connectivity index (χ4n) is 0.740. The highest BCUT2D eigenvalue weighted by Crippen LogP contribution is 2.13. The van der Waals surface area contributed by atoms with Crippen LogP contribution in [0.5, 0.6) is 0 Å². The van der Waals surface area contributed by atoms with Crippen LogP contribution in [-0.2, 0) is 4.79 Å². The molecule has 0 saturated heterocycles. The summed E-state index contributed by atoms with van der Waals surface area (Å²) in [6.45, 7) is 11.5. The van der Waals surface area contributed by atoms with Gasteiger partial charge in [-0.3, -0.25) is 4.79 Å². The van der Waals surface area contributed by atoms with Crippen LogP contribution >= 0.6 is 0 Å². The van der Waals surface area contributed by atoms with Gasteiger partial charge in [0.1, 0.15) is 0 Å². The minimum Gasteiger partial charge on any atom is -0.310 e. The van der Waals surface area contributed by atoms with E-state index in [1.54, 1.807) is 0 Å². The maximum absolute atomic E-state index is 11.4. The largest absolute Gasteiger partial charge is 0.310 e. The topological polar surface area (TPSA) is 29.1 Å². The van der Waals surface area contributed by atoms with Crippen LogP contribution in [0, 0.1) is 11.3 Å². The molecule has 0 aromatic heterocycles. The second kappa shape index (κ2) is 4.61. The fraction of sp³-hybridized carbons (Fsp3) is 0.900. The van der Waals surface area contributed by atoms with Crippen LogP contribution < -0.4 is 5.32 Å². The van der Waals surface area contributed by atoms with Crippen molar-refractivity contribution in [3.8, 4) is 0 Å². The highest BCUT2D eigenvalue weighted by atomic mass is 16.1. The fourth-order valence-corrected chi connectivity index (χ4v) is 0.740. The molecule has 0 atom stereocenters. The summed E-state index contributed by atoms with van der Waals surface area (Å²) >= 11 is 0. The Kier molecular flexibility index (Phi) is 4.46. The van der Waals surface area contributed by atoms with Gasteiger partial charge in [-0.05, 0) is 12.5 Å². The number of nitrogens with one attached hydrogen (secondary N) is 1. The second-order valence-electron chi connectivity index (χ2n) is 4.70. The number of carbonyl (C=O) groups excluding carboxylic acids is 1. The smallest absolute Gasteiger partial charge is 0.151 e. The van der Waals surface area contributed by atoms with Crippen LogP contribution in [0.15, 0.2) is 0 Å². The lowest BCUT2D eigenvalue weighted by molar-refractivity contribution is -0.125. The molecule has 0 radical (unpaired) electrons. The second-order valence-corrected chi connectivity index (χ2v) is 4.70. The lowest BCUT2D eigenvalue weighted by atomic mass is 9.91. The van der Waals surface area contributed by atoms with Crippen molar-refractivity contribution in [2.24, 2.45) is 11.3 Å². The molecule has 0 fully saturated rings. The van der Waals surface area contributed by atoms with E-state index in [9.17, 15) is 4.79 Å². The van der Waals surface area contributed by atoms with Crippen LogP contribution in [0.3, 0.4) is 0 Å². The Morgan fingerprint density at radius 2 is 1.83 bits per heavy atom. The molecule has 0 rings (SSSR count). The number of carbonyl (C=O) groups is 1. The van der Waals surface area contributed by atoms with E-state index in [4.69, 9.17) is 0 Å². The summed E-state index contributed by atoms with van der Waals surface area (Å²) in [5.41, 5.74) is -0.204. The molecular weight excluding hydrogens is 150 g/mol. The molecule has 0 aliphatic carbocycles. The number of hydrogen-bond acceptors (Lipinski definition) is 2. The van der Waals surface area contributed by atoms with Crippen molar-refractivity contribution in [2.45, 2.75) is 34.6 Å². The van der Waals surface area contributed by atoms with Gasteiger partial charge in [0, 0.05) is 5.41 Å². The first-order valence-electron chi connectivity index (χ1n) is 4.58. The van der Waals surface area contributed by atoms with Crippen molar-refractivity contribution >= 4 is 5.78 Å². The van der Waals surface area contributed by atoms with Gasteiger partial charge in [0.2, 0.25) is 0 Å².